The first-order valence-electron chi connectivity index (χ1n) is 7.41. The lowest BCUT2D eigenvalue weighted by Crippen LogP contribution is -2.48. The fourth-order valence-corrected chi connectivity index (χ4v) is 2.77. The minimum Gasteiger partial charge on any atom is -0.460 e. The molecule has 1 fully saturated rings. The molecule has 23 heavy (non-hydrogen) atoms. The second-order valence-corrected chi connectivity index (χ2v) is 5.66. The number of nitro groups is 1. The number of nitrogens with one attached hydrogen (secondary N) is 1. The average Bonchev–Trinajstić information content (AvgIpc) is 2.96. The Morgan fingerprint density at radius 2 is 2.22 bits per heavy atom. The summed E-state index contributed by atoms with van der Waals surface area (Å²) in [5.41, 5.74) is 0.806. The third kappa shape index (κ3) is 4.31. The molecule has 7 heteroatoms. The average molecular weight is 338 g/mol. The number of non-ortho nitro benzene ring substituents is 1. The Hall–Kier alpha value is -1.89. The van der Waals surface area contributed by atoms with Crippen molar-refractivity contribution >= 4 is 18.1 Å². The van der Waals surface area contributed by atoms with E-state index >= 15 is 0 Å². The van der Waals surface area contributed by atoms with E-state index in [-0.39, 0.29) is 18.1 Å². The van der Waals surface area contributed by atoms with Gasteiger partial charge in [-0.3, -0.25) is 15.0 Å². The lowest BCUT2D eigenvalue weighted by Gasteiger charge is -2.31. The molecule has 1 aliphatic heterocycles. The molecule has 0 spiro atoms. The summed E-state index contributed by atoms with van der Waals surface area (Å²) in [7, 11) is 0. The van der Waals surface area contributed by atoms with Gasteiger partial charge >= 0.3 is 0 Å². The quantitative estimate of drug-likeness (QED) is 0.685. The van der Waals surface area contributed by atoms with Gasteiger partial charge in [0.1, 0.15) is 11.5 Å². The molecular formula is C16H20ClN3O3. The number of furan rings is 1. The maximum atomic E-state index is 10.8. The largest absolute Gasteiger partial charge is 0.460 e. The summed E-state index contributed by atoms with van der Waals surface area (Å²) in [6, 6.07) is 10.8. The second-order valence-electron chi connectivity index (χ2n) is 5.66. The van der Waals surface area contributed by atoms with E-state index < -0.39 is 4.92 Å². The van der Waals surface area contributed by atoms with Crippen molar-refractivity contribution in [2.24, 2.45) is 0 Å². The van der Waals surface area contributed by atoms with E-state index in [1.165, 1.54) is 12.1 Å². The molecule has 124 valence electrons. The van der Waals surface area contributed by atoms with Gasteiger partial charge in [0.15, 0.2) is 0 Å². The Bertz CT molecular complexity index is 674. The molecule has 0 amide bonds. The molecule has 1 N–H and O–H groups in total. The minimum absolute atomic E-state index is 0. The van der Waals surface area contributed by atoms with Gasteiger partial charge in [-0.1, -0.05) is 12.1 Å². The zero-order chi connectivity index (χ0) is 15.5. The number of piperazine rings is 1. The smallest absolute Gasteiger partial charge is 0.270 e. The van der Waals surface area contributed by atoms with E-state index in [0.29, 0.717) is 11.8 Å². The molecule has 1 aliphatic rings. The van der Waals surface area contributed by atoms with Crippen molar-refractivity contribution in [1.82, 2.24) is 10.2 Å². The molecule has 1 aromatic carbocycles. The standard InChI is InChI=1S/C16H19N3O3.ClH/c1-12-10-18(8-7-17-12)11-15-5-6-16(22-15)13-3-2-4-14(9-13)19(20)21;/h2-6,9,12,17H,7-8,10-11H2,1H3;1H/t12-;/m0./s1. The molecule has 1 aromatic heterocycles. The lowest BCUT2D eigenvalue weighted by atomic mass is 10.1. The van der Waals surface area contributed by atoms with Crippen molar-refractivity contribution in [3.63, 3.8) is 0 Å². The maximum absolute atomic E-state index is 10.8. The highest BCUT2D eigenvalue weighted by atomic mass is 35.5. The van der Waals surface area contributed by atoms with Crippen molar-refractivity contribution in [3.05, 3.63) is 52.3 Å². The molecule has 0 unspecified atom stereocenters. The molecule has 2 aromatic rings. The Labute approximate surface area is 141 Å². The van der Waals surface area contributed by atoms with Gasteiger partial charge in [0.2, 0.25) is 0 Å². The van der Waals surface area contributed by atoms with Crippen LogP contribution in [0.25, 0.3) is 11.3 Å². The van der Waals surface area contributed by atoms with Gasteiger partial charge in [0, 0.05) is 43.4 Å². The molecule has 2 heterocycles. The lowest BCUT2D eigenvalue weighted by molar-refractivity contribution is -0.384. The van der Waals surface area contributed by atoms with Crippen LogP contribution in [0.5, 0.6) is 0 Å². The van der Waals surface area contributed by atoms with E-state index in [9.17, 15) is 10.1 Å². The summed E-state index contributed by atoms with van der Waals surface area (Å²) in [5.74, 6) is 1.55. The first kappa shape index (κ1) is 17.5. The van der Waals surface area contributed by atoms with Crippen molar-refractivity contribution in [2.45, 2.75) is 19.5 Å². The Morgan fingerprint density at radius 3 is 2.96 bits per heavy atom. The molecule has 0 aliphatic carbocycles. The van der Waals surface area contributed by atoms with Crippen LogP contribution in [-0.4, -0.2) is 35.5 Å². The van der Waals surface area contributed by atoms with Gasteiger partial charge in [-0.25, -0.2) is 0 Å². The fraction of sp³-hybridized carbons (Fsp3) is 0.375. The van der Waals surface area contributed by atoms with Crippen LogP contribution in [0.1, 0.15) is 12.7 Å². The van der Waals surface area contributed by atoms with Gasteiger partial charge in [-0.15, -0.1) is 12.4 Å². The molecule has 0 radical (unpaired) electrons. The van der Waals surface area contributed by atoms with Crippen LogP contribution in [0.2, 0.25) is 0 Å². The van der Waals surface area contributed by atoms with Crippen LogP contribution < -0.4 is 5.32 Å². The van der Waals surface area contributed by atoms with Gasteiger partial charge in [0.05, 0.1) is 11.5 Å². The summed E-state index contributed by atoms with van der Waals surface area (Å²) in [4.78, 5) is 12.8. The second kappa shape index (κ2) is 7.59. The summed E-state index contributed by atoms with van der Waals surface area (Å²) in [6.07, 6.45) is 0. The van der Waals surface area contributed by atoms with Gasteiger partial charge < -0.3 is 9.73 Å². The number of hydrogen-bond donors (Lipinski definition) is 1. The summed E-state index contributed by atoms with van der Waals surface area (Å²) < 4.78 is 5.86. The zero-order valence-corrected chi connectivity index (χ0v) is 13.7. The number of hydrogen-bond acceptors (Lipinski definition) is 5. The van der Waals surface area contributed by atoms with E-state index in [2.05, 4.69) is 17.1 Å². The van der Waals surface area contributed by atoms with Gasteiger partial charge in [0.25, 0.3) is 5.69 Å². The zero-order valence-electron chi connectivity index (χ0n) is 12.9. The number of nitro benzene ring substituents is 1. The van der Waals surface area contributed by atoms with E-state index in [1.807, 2.05) is 18.2 Å². The van der Waals surface area contributed by atoms with Crippen molar-refractivity contribution < 1.29 is 9.34 Å². The highest BCUT2D eigenvalue weighted by Crippen LogP contribution is 2.26. The van der Waals surface area contributed by atoms with Crippen LogP contribution in [0.4, 0.5) is 5.69 Å². The van der Waals surface area contributed by atoms with Gasteiger partial charge in [-0.05, 0) is 19.1 Å². The fourth-order valence-electron chi connectivity index (χ4n) is 2.77. The molecule has 3 rings (SSSR count). The summed E-state index contributed by atoms with van der Waals surface area (Å²) in [5, 5.41) is 14.3. The number of halogens is 1. The molecule has 1 atom stereocenters. The van der Waals surface area contributed by atoms with E-state index in [0.717, 1.165) is 37.5 Å². The van der Waals surface area contributed by atoms with Crippen LogP contribution in [-0.2, 0) is 6.54 Å². The third-order valence-electron chi connectivity index (χ3n) is 3.84. The maximum Gasteiger partial charge on any atom is 0.270 e. The number of benzene rings is 1. The first-order chi connectivity index (χ1) is 10.6. The van der Waals surface area contributed by atoms with Crippen LogP contribution in [0, 0.1) is 10.1 Å². The Morgan fingerprint density at radius 1 is 1.39 bits per heavy atom. The molecular weight excluding hydrogens is 318 g/mol. The van der Waals surface area contributed by atoms with Crippen molar-refractivity contribution in [3.8, 4) is 11.3 Å². The van der Waals surface area contributed by atoms with Gasteiger partial charge in [-0.2, -0.15) is 0 Å². The Balaban J connectivity index is 0.00000192. The van der Waals surface area contributed by atoms with Crippen LogP contribution in [0.15, 0.2) is 40.8 Å². The van der Waals surface area contributed by atoms with Crippen molar-refractivity contribution in [2.75, 3.05) is 19.6 Å². The number of nitrogens with zero attached hydrogens (tertiary/aromatic N) is 2. The molecule has 0 bridgehead atoms. The van der Waals surface area contributed by atoms with E-state index in [1.54, 1.807) is 6.07 Å². The highest BCUT2D eigenvalue weighted by Gasteiger charge is 2.17. The SMILES string of the molecule is C[C@H]1CN(Cc2ccc(-c3cccc([N+](=O)[O-])c3)o2)CCN1.Cl. The predicted molar refractivity (Wildman–Crippen MR) is 90.8 cm³/mol. The van der Waals surface area contributed by atoms with Crippen molar-refractivity contribution in [1.29, 1.82) is 0 Å². The van der Waals surface area contributed by atoms with Crippen LogP contribution in [0.3, 0.4) is 0 Å². The minimum atomic E-state index is -0.393. The normalized spacial score (nSPS) is 18.4. The predicted octanol–water partition coefficient (Wildman–Crippen LogP) is 3.07. The van der Waals surface area contributed by atoms with E-state index in [4.69, 9.17) is 4.42 Å². The number of rotatable bonds is 4. The van der Waals surface area contributed by atoms with Crippen LogP contribution >= 0.6 is 12.4 Å². The topological polar surface area (TPSA) is 71.5 Å². The Kier molecular flexibility index (Phi) is 5.76. The molecule has 0 saturated carbocycles. The summed E-state index contributed by atoms with van der Waals surface area (Å²) in [6.45, 7) is 5.91. The molecule has 1 saturated heterocycles. The highest BCUT2D eigenvalue weighted by molar-refractivity contribution is 5.85. The monoisotopic (exact) mass is 337 g/mol. The molecule has 6 nitrogen and oxygen atoms in total. The third-order valence-corrected chi connectivity index (χ3v) is 3.84. The summed E-state index contributed by atoms with van der Waals surface area (Å²) >= 11 is 0. The first-order valence-corrected chi connectivity index (χ1v) is 7.41.